The molecule has 4 aromatic rings. The van der Waals surface area contributed by atoms with Crippen LogP contribution in [0.3, 0.4) is 0 Å². The number of fused-ring (bicyclic) bond motifs is 2. The van der Waals surface area contributed by atoms with Crippen LogP contribution in [0.25, 0.3) is 6.08 Å². The van der Waals surface area contributed by atoms with Gasteiger partial charge in [-0.2, -0.15) is 0 Å². The molecule has 204 valence electrons. The number of benzene rings is 1. The quantitative estimate of drug-likeness (QED) is 0.250. The molecule has 0 spiro atoms. The number of thiazole rings is 1. The average molecular weight is 577 g/mol. The zero-order valence-corrected chi connectivity index (χ0v) is 23.7. The third kappa shape index (κ3) is 4.84. The van der Waals surface area contributed by atoms with Crippen LogP contribution in [-0.2, 0) is 9.53 Å². The maximum absolute atomic E-state index is 13.8. The molecular weight excluding hydrogens is 552 g/mol. The average Bonchev–Trinajstić information content (AvgIpc) is 3.62. The molecule has 0 saturated heterocycles. The normalized spacial score (nSPS) is 16.2. The van der Waals surface area contributed by atoms with E-state index in [1.165, 1.54) is 27.7 Å². The Kier molecular flexibility index (Phi) is 6.80. The van der Waals surface area contributed by atoms with E-state index in [0.717, 1.165) is 11.4 Å². The van der Waals surface area contributed by atoms with Crippen LogP contribution in [0.15, 0.2) is 72.1 Å². The first kappa shape index (κ1) is 26.1. The molecule has 1 atom stereocenters. The van der Waals surface area contributed by atoms with Gasteiger partial charge in [0, 0.05) is 17.5 Å². The Balaban J connectivity index is 1.42. The van der Waals surface area contributed by atoms with Crippen molar-refractivity contribution in [2.45, 2.75) is 44.0 Å². The Bertz CT molecular complexity index is 1850. The van der Waals surface area contributed by atoms with E-state index in [9.17, 15) is 9.59 Å². The Labute approximate surface area is 236 Å². The first-order valence-corrected chi connectivity index (χ1v) is 14.1. The van der Waals surface area contributed by atoms with Crippen molar-refractivity contribution < 1.29 is 23.4 Å². The van der Waals surface area contributed by atoms with Gasteiger partial charge in [0.15, 0.2) is 26.5 Å². The van der Waals surface area contributed by atoms with Crippen LogP contribution in [0.2, 0.25) is 0 Å². The molecule has 5 heterocycles. The lowest BCUT2D eigenvalue weighted by Gasteiger charge is -2.24. The number of esters is 1. The molecule has 1 aromatic carbocycles. The molecule has 12 heteroatoms. The van der Waals surface area contributed by atoms with Crippen molar-refractivity contribution in [3.63, 3.8) is 0 Å². The number of hydrogen-bond donors (Lipinski definition) is 0. The van der Waals surface area contributed by atoms with E-state index in [0.29, 0.717) is 53.7 Å². The van der Waals surface area contributed by atoms with Crippen LogP contribution in [0.1, 0.15) is 42.6 Å². The monoisotopic (exact) mass is 576 g/mol. The minimum atomic E-state index is -0.753. The van der Waals surface area contributed by atoms with E-state index >= 15 is 0 Å². The van der Waals surface area contributed by atoms with Crippen LogP contribution in [0.4, 0.5) is 0 Å². The fraction of sp³-hybridized carbons (Fsp3) is 0.250. The number of aromatic nitrogens is 3. The minimum absolute atomic E-state index is 0.111. The number of aryl methyl sites for hydroxylation is 2. The number of hydrogen-bond acceptors (Lipinski definition) is 11. The van der Waals surface area contributed by atoms with Crippen molar-refractivity contribution in [1.82, 2.24) is 14.5 Å². The van der Waals surface area contributed by atoms with E-state index in [4.69, 9.17) is 18.6 Å². The molecule has 0 fully saturated rings. The van der Waals surface area contributed by atoms with Gasteiger partial charge < -0.3 is 18.6 Å². The largest absolute Gasteiger partial charge is 0.463 e. The molecule has 2 aliphatic heterocycles. The van der Waals surface area contributed by atoms with Crippen LogP contribution >= 0.6 is 23.1 Å². The third-order valence-corrected chi connectivity index (χ3v) is 8.03. The van der Waals surface area contributed by atoms with E-state index < -0.39 is 12.0 Å². The summed E-state index contributed by atoms with van der Waals surface area (Å²) in [5, 5.41) is 1.19. The van der Waals surface area contributed by atoms with Crippen molar-refractivity contribution in [1.29, 1.82) is 0 Å². The van der Waals surface area contributed by atoms with E-state index in [1.807, 2.05) is 32.0 Å². The highest BCUT2D eigenvalue weighted by atomic mass is 32.2. The van der Waals surface area contributed by atoms with Crippen molar-refractivity contribution in [3.8, 4) is 11.5 Å². The van der Waals surface area contributed by atoms with Crippen molar-refractivity contribution >= 4 is 35.1 Å². The van der Waals surface area contributed by atoms with Crippen LogP contribution in [0, 0.1) is 13.8 Å². The number of nitrogens with zero attached hydrogens (tertiary/aromatic N) is 4. The summed E-state index contributed by atoms with van der Waals surface area (Å²) in [7, 11) is 0. The Morgan fingerprint density at radius 1 is 1.12 bits per heavy atom. The summed E-state index contributed by atoms with van der Waals surface area (Å²) in [6.45, 7) is 7.62. The number of rotatable bonds is 6. The van der Waals surface area contributed by atoms with Crippen molar-refractivity contribution in [3.05, 3.63) is 90.1 Å². The summed E-state index contributed by atoms with van der Waals surface area (Å²) >= 11 is 2.53. The maximum Gasteiger partial charge on any atom is 0.338 e. The van der Waals surface area contributed by atoms with Gasteiger partial charge in [-0.1, -0.05) is 17.4 Å². The highest BCUT2D eigenvalue weighted by molar-refractivity contribution is 7.99. The Morgan fingerprint density at radius 2 is 1.90 bits per heavy atom. The smallest absolute Gasteiger partial charge is 0.338 e. The van der Waals surface area contributed by atoms with Crippen LogP contribution in [-0.4, -0.2) is 33.9 Å². The molecule has 0 N–H and O–H groups in total. The first-order chi connectivity index (χ1) is 19.3. The standard InChI is InChI=1S/C28H24N4O6S2/c1-5-35-26(34)23-16(4)31-28-32(24(23)17-6-8-19-20(11-17)37-13-36-19)25(33)21(39-28)12-18-7-9-22(38-18)40-27-29-14(2)10-15(3)30-27/h6-12,24H,5,13H2,1-4H3/b21-12+/t24-/m0/s1. The molecule has 0 bridgehead atoms. The van der Waals surface area contributed by atoms with Gasteiger partial charge in [-0.3, -0.25) is 9.36 Å². The van der Waals surface area contributed by atoms with Gasteiger partial charge in [-0.05, 0) is 75.4 Å². The fourth-order valence-electron chi connectivity index (χ4n) is 4.62. The summed E-state index contributed by atoms with van der Waals surface area (Å²) in [6, 6.07) is 10.1. The SMILES string of the molecule is CCOC(=O)C1=C(C)N=c2s/c(=C/c3ccc(Sc4nc(C)cc(C)n4)o3)c(=O)n2[C@H]1c1ccc2c(c1)OCO2. The predicted molar refractivity (Wildman–Crippen MR) is 147 cm³/mol. The lowest BCUT2D eigenvalue weighted by atomic mass is 9.95. The molecule has 0 radical (unpaired) electrons. The number of furan rings is 1. The predicted octanol–water partition coefficient (Wildman–Crippen LogP) is 3.68. The molecule has 2 aliphatic rings. The van der Waals surface area contributed by atoms with E-state index in [2.05, 4.69) is 15.0 Å². The fourth-order valence-corrected chi connectivity index (χ4v) is 6.48. The molecule has 0 amide bonds. The summed E-state index contributed by atoms with van der Waals surface area (Å²) in [5.74, 6) is 1.12. The second-order valence-electron chi connectivity index (χ2n) is 9.11. The zero-order valence-electron chi connectivity index (χ0n) is 22.1. The summed E-state index contributed by atoms with van der Waals surface area (Å²) in [6.07, 6.45) is 1.68. The molecule has 10 nitrogen and oxygen atoms in total. The molecular formula is C28H24N4O6S2. The van der Waals surface area contributed by atoms with Gasteiger partial charge in [0.1, 0.15) is 5.76 Å². The van der Waals surface area contributed by atoms with Crippen molar-refractivity contribution in [2.24, 2.45) is 4.99 Å². The molecule has 3 aromatic heterocycles. The Morgan fingerprint density at radius 3 is 2.67 bits per heavy atom. The molecule has 40 heavy (non-hydrogen) atoms. The number of ether oxygens (including phenoxy) is 3. The molecule has 0 saturated carbocycles. The number of carbonyl (C=O) groups is 1. The third-order valence-electron chi connectivity index (χ3n) is 6.26. The second-order valence-corrected chi connectivity index (χ2v) is 11.1. The van der Waals surface area contributed by atoms with Gasteiger partial charge in [-0.25, -0.2) is 19.8 Å². The lowest BCUT2D eigenvalue weighted by Crippen LogP contribution is -2.39. The highest BCUT2D eigenvalue weighted by Crippen LogP contribution is 2.38. The van der Waals surface area contributed by atoms with E-state index in [-0.39, 0.29) is 19.0 Å². The lowest BCUT2D eigenvalue weighted by molar-refractivity contribution is -0.139. The first-order valence-electron chi connectivity index (χ1n) is 12.5. The summed E-state index contributed by atoms with van der Waals surface area (Å²) < 4.78 is 24.3. The van der Waals surface area contributed by atoms with E-state index in [1.54, 1.807) is 38.1 Å². The molecule has 0 unspecified atom stereocenters. The highest BCUT2D eigenvalue weighted by Gasteiger charge is 2.34. The molecule has 0 aliphatic carbocycles. The molecule has 6 rings (SSSR count). The maximum atomic E-state index is 13.8. The minimum Gasteiger partial charge on any atom is -0.463 e. The summed E-state index contributed by atoms with van der Waals surface area (Å²) in [5.41, 5.74) is 2.90. The van der Waals surface area contributed by atoms with Gasteiger partial charge in [0.2, 0.25) is 6.79 Å². The van der Waals surface area contributed by atoms with Gasteiger partial charge in [0.05, 0.1) is 28.5 Å². The topological polar surface area (TPSA) is 118 Å². The van der Waals surface area contributed by atoms with Crippen LogP contribution < -0.4 is 24.4 Å². The van der Waals surface area contributed by atoms with Crippen LogP contribution in [0.5, 0.6) is 11.5 Å². The van der Waals surface area contributed by atoms with Gasteiger partial charge in [0.25, 0.3) is 5.56 Å². The van der Waals surface area contributed by atoms with Gasteiger partial charge >= 0.3 is 5.97 Å². The summed E-state index contributed by atoms with van der Waals surface area (Å²) in [4.78, 5) is 40.9. The number of allylic oxidation sites excluding steroid dienone is 1. The van der Waals surface area contributed by atoms with Gasteiger partial charge in [-0.15, -0.1) is 0 Å². The van der Waals surface area contributed by atoms with Crippen molar-refractivity contribution in [2.75, 3.05) is 13.4 Å². The number of carbonyl (C=O) groups excluding carboxylic acids is 1. The zero-order chi connectivity index (χ0) is 28.0. The Hall–Kier alpha value is -4.16. The second kappa shape index (κ2) is 10.4.